The van der Waals surface area contributed by atoms with E-state index in [1.165, 1.54) is 22.2 Å². The van der Waals surface area contributed by atoms with Crippen LogP contribution in [-0.4, -0.2) is 18.2 Å². The molecule has 1 N–H and O–H groups in total. The van der Waals surface area contributed by atoms with E-state index in [2.05, 4.69) is 41.9 Å². The van der Waals surface area contributed by atoms with Gasteiger partial charge < -0.3 is 14.6 Å². The van der Waals surface area contributed by atoms with Gasteiger partial charge in [0.1, 0.15) is 5.75 Å². The van der Waals surface area contributed by atoms with Crippen LogP contribution in [0.25, 0.3) is 10.9 Å². The molecular formula is C15H20N2O. The number of hydrogen-bond donors (Lipinski definition) is 1. The minimum atomic E-state index is 0.514. The molecule has 0 bridgehead atoms. The first-order chi connectivity index (χ1) is 8.74. The number of ether oxygens (including phenoxy) is 1. The molecule has 2 aromatic rings. The zero-order valence-electron chi connectivity index (χ0n) is 11.3. The Bertz CT molecular complexity index is 584. The smallest absolute Gasteiger partial charge is 0.149 e. The summed E-state index contributed by atoms with van der Waals surface area (Å²) in [7, 11) is 1.78. The lowest BCUT2D eigenvalue weighted by Gasteiger charge is -2.17. The molecule has 0 saturated heterocycles. The number of nitrogens with one attached hydrogen (secondary N) is 1. The Labute approximate surface area is 108 Å². The number of methoxy groups -OCH3 is 1. The van der Waals surface area contributed by atoms with E-state index >= 15 is 0 Å². The number of rotatable bonds is 2. The maximum Gasteiger partial charge on any atom is 0.149 e. The van der Waals surface area contributed by atoms with Gasteiger partial charge in [0, 0.05) is 25.0 Å². The van der Waals surface area contributed by atoms with Crippen molar-refractivity contribution in [3.05, 3.63) is 29.5 Å². The van der Waals surface area contributed by atoms with Gasteiger partial charge in [0.15, 0.2) is 0 Å². The van der Waals surface area contributed by atoms with E-state index in [9.17, 15) is 0 Å². The molecule has 18 heavy (non-hydrogen) atoms. The molecule has 0 fully saturated rings. The van der Waals surface area contributed by atoms with E-state index in [0.717, 1.165) is 25.4 Å². The average molecular weight is 244 g/mol. The van der Waals surface area contributed by atoms with Crippen molar-refractivity contribution in [1.29, 1.82) is 0 Å². The van der Waals surface area contributed by atoms with Crippen molar-refractivity contribution in [2.45, 2.75) is 32.9 Å². The second kappa shape index (κ2) is 4.32. The van der Waals surface area contributed by atoms with E-state index in [-0.39, 0.29) is 0 Å². The third-order valence-electron chi connectivity index (χ3n) is 3.81. The maximum absolute atomic E-state index is 5.70. The highest BCUT2D eigenvalue weighted by Gasteiger charge is 2.22. The van der Waals surface area contributed by atoms with Crippen LogP contribution in [0.5, 0.6) is 5.75 Å². The zero-order valence-corrected chi connectivity index (χ0v) is 11.3. The Hall–Kier alpha value is -1.48. The summed E-state index contributed by atoms with van der Waals surface area (Å²) >= 11 is 0. The van der Waals surface area contributed by atoms with Crippen LogP contribution in [0.3, 0.4) is 0 Å². The number of benzene rings is 1. The van der Waals surface area contributed by atoms with E-state index in [1.807, 2.05) is 0 Å². The highest BCUT2D eigenvalue weighted by atomic mass is 16.5. The van der Waals surface area contributed by atoms with Gasteiger partial charge in [-0.05, 0) is 17.5 Å². The molecule has 0 amide bonds. The van der Waals surface area contributed by atoms with Crippen molar-refractivity contribution in [3.63, 3.8) is 0 Å². The first-order valence-electron chi connectivity index (χ1n) is 6.62. The molecule has 1 aromatic carbocycles. The lowest BCUT2D eigenvalue weighted by molar-refractivity contribution is 0.400. The predicted octanol–water partition coefficient (Wildman–Crippen LogP) is 2.88. The van der Waals surface area contributed by atoms with Crippen LogP contribution in [0.2, 0.25) is 0 Å². The predicted molar refractivity (Wildman–Crippen MR) is 74.3 cm³/mol. The SMILES string of the molecule is COc1c2n(c3cccc(C(C)C)c13)CCNC2. The molecule has 1 aliphatic rings. The molecule has 0 atom stereocenters. The lowest BCUT2D eigenvalue weighted by Crippen LogP contribution is -2.27. The first-order valence-corrected chi connectivity index (χ1v) is 6.62. The molecule has 0 aliphatic carbocycles. The third-order valence-corrected chi connectivity index (χ3v) is 3.81. The van der Waals surface area contributed by atoms with Gasteiger partial charge in [-0.2, -0.15) is 0 Å². The Kier molecular flexibility index (Phi) is 2.78. The van der Waals surface area contributed by atoms with Crippen LogP contribution in [0.1, 0.15) is 31.0 Å². The Morgan fingerprint density at radius 1 is 1.33 bits per heavy atom. The van der Waals surface area contributed by atoms with Crippen LogP contribution in [0.4, 0.5) is 0 Å². The molecule has 96 valence electrons. The van der Waals surface area contributed by atoms with Crippen LogP contribution in [0.15, 0.2) is 18.2 Å². The molecular weight excluding hydrogens is 224 g/mol. The average Bonchev–Trinajstić information content (AvgIpc) is 2.72. The van der Waals surface area contributed by atoms with Gasteiger partial charge in [0.05, 0.1) is 18.3 Å². The van der Waals surface area contributed by atoms with Crippen LogP contribution in [-0.2, 0) is 13.1 Å². The minimum absolute atomic E-state index is 0.514. The fraction of sp³-hybridized carbons (Fsp3) is 0.467. The number of aromatic nitrogens is 1. The highest BCUT2D eigenvalue weighted by Crippen LogP contribution is 2.38. The summed E-state index contributed by atoms with van der Waals surface area (Å²) in [5.41, 5.74) is 3.98. The van der Waals surface area contributed by atoms with Crippen molar-refractivity contribution in [3.8, 4) is 5.75 Å². The number of hydrogen-bond acceptors (Lipinski definition) is 2. The van der Waals surface area contributed by atoms with Crippen molar-refractivity contribution in [1.82, 2.24) is 9.88 Å². The molecule has 3 heteroatoms. The van der Waals surface area contributed by atoms with Crippen molar-refractivity contribution >= 4 is 10.9 Å². The van der Waals surface area contributed by atoms with Gasteiger partial charge in [-0.25, -0.2) is 0 Å². The summed E-state index contributed by atoms with van der Waals surface area (Å²) in [5.74, 6) is 1.57. The van der Waals surface area contributed by atoms with E-state index in [0.29, 0.717) is 5.92 Å². The van der Waals surface area contributed by atoms with Gasteiger partial charge in [-0.1, -0.05) is 26.0 Å². The largest absolute Gasteiger partial charge is 0.494 e. The second-order valence-electron chi connectivity index (χ2n) is 5.20. The summed E-state index contributed by atoms with van der Waals surface area (Å²) in [6.07, 6.45) is 0. The van der Waals surface area contributed by atoms with Crippen LogP contribution in [0, 0.1) is 0 Å². The standard InChI is InChI=1S/C15H20N2O/c1-10(2)11-5-4-6-12-14(11)15(18-3)13-9-16-7-8-17(12)13/h4-6,10,16H,7-9H2,1-3H3. The van der Waals surface area contributed by atoms with E-state index < -0.39 is 0 Å². The molecule has 1 aromatic heterocycles. The summed E-state index contributed by atoms with van der Waals surface area (Å²) in [4.78, 5) is 0. The van der Waals surface area contributed by atoms with Crippen molar-refractivity contribution < 1.29 is 4.74 Å². The Morgan fingerprint density at radius 2 is 2.17 bits per heavy atom. The van der Waals surface area contributed by atoms with E-state index in [1.54, 1.807) is 7.11 Å². The van der Waals surface area contributed by atoms with Gasteiger partial charge in [-0.3, -0.25) is 0 Å². The van der Waals surface area contributed by atoms with Gasteiger partial charge in [0.2, 0.25) is 0 Å². The van der Waals surface area contributed by atoms with Gasteiger partial charge in [-0.15, -0.1) is 0 Å². The van der Waals surface area contributed by atoms with Crippen LogP contribution >= 0.6 is 0 Å². The molecule has 0 spiro atoms. The highest BCUT2D eigenvalue weighted by molar-refractivity contribution is 5.92. The zero-order chi connectivity index (χ0) is 12.7. The summed E-state index contributed by atoms with van der Waals surface area (Å²) in [5, 5.41) is 4.72. The normalized spacial score (nSPS) is 15.1. The molecule has 3 nitrogen and oxygen atoms in total. The molecule has 3 rings (SSSR count). The third kappa shape index (κ3) is 1.54. The minimum Gasteiger partial charge on any atom is -0.494 e. The van der Waals surface area contributed by atoms with Crippen molar-refractivity contribution in [2.24, 2.45) is 0 Å². The topological polar surface area (TPSA) is 26.2 Å². The molecule has 0 radical (unpaired) electrons. The van der Waals surface area contributed by atoms with Gasteiger partial charge >= 0.3 is 0 Å². The first kappa shape index (κ1) is 11.6. The second-order valence-corrected chi connectivity index (χ2v) is 5.20. The summed E-state index contributed by atoms with van der Waals surface area (Å²) < 4.78 is 8.10. The van der Waals surface area contributed by atoms with Crippen LogP contribution < -0.4 is 10.1 Å². The fourth-order valence-corrected chi connectivity index (χ4v) is 2.97. The van der Waals surface area contributed by atoms with Crippen molar-refractivity contribution in [2.75, 3.05) is 13.7 Å². The van der Waals surface area contributed by atoms with E-state index in [4.69, 9.17) is 4.74 Å². The monoisotopic (exact) mass is 244 g/mol. The number of nitrogens with zero attached hydrogens (tertiary/aromatic N) is 1. The Morgan fingerprint density at radius 3 is 2.89 bits per heavy atom. The number of fused-ring (bicyclic) bond motifs is 3. The molecule has 1 aliphatic heterocycles. The fourth-order valence-electron chi connectivity index (χ4n) is 2.97. The molecule has 0 saturated carbocycles. The summed E-state index contributed by atoms with van der Waals surface area (Å²) in [6, 6.07) is 6.58. The summed E-state index contributed by atoms with van der Waals surface area (Å²) in [6.45, 7) is 7.43. The maximum atomic E-state index is 5.70. The van der Waals surface area contributed by atoms with Gasteiger partial charge in [0.25, 0.3) is 0 Å². The molecule has 2 heterocycles. The lowest BCUT2D eigenvalue weighted by atomic mass is 9.99. The molecule has 0 unspecified atom stereocenters. The quantitative estimate of drug-likeness (QED) is 0.879. The Balaban J connectivity index is 2.38.